The maximum absolute atomic E-state index is 11.9. The molecule has 1 heterocycles. The molecule has 1 aliphatic heterocycles. The molecule has 0 bridgehead atoms. The van der Waals surface area contributed by atoms with Crippen molar-refractivity contribution in [2.24, 2.45) is 5.92 Å². The molecular formula is C14H23Br2NO4. The molecule has 122 valence electrons. The molecule has 0 aromatic heterocycles. The Morgan fingerprint density at radius 2 is 1.81 bits per heavy atom. The Bertz CT molecular complexity index is 360. The first-order valence-electron chi connectivity index (χ1n) is 7.12. The van der Waals surface area contributed by atoms with Crippen LogP contribution in [-0.4, -0.2) is 46.0 Å². The minimum atomic E-state index is -0.454. The van der Waals surface area contributed by atoms with Gasteiger partial charge in [-0.05, 0) is 46.0 Å². The van der Waals surface area contributed by atoms with E-state index in [0.717, 1.165) is 19.3 Å². The molecular weight excluding hydrogens is 406 g/mol. The fourth-order valence-electron chi connectivity index (χ4n) is 2.12. The summed E-state index contributed by atoms with van der Waals surface area (Å²) < 4.78 is 10.0. The van der Waals surface area contributed by atoms with Gasteiger partial charge in [-0.3, -0.25) is 0 Å². The van der Waals surface area contributed by atoms with Crippen molar-refractivity contribution in [1.82, 2.24) is 4.90 Å². The molecule has 0 aromatic rings. The van der Waals surface area contributed by atoms with Crippen LogP contribution in [0.2, 0.25) is 0 Å². The molecule has 1 rings (SSSR count). The predicted octanol–water partition coefficient (Wildman–Crippen LogP) is 3.68. The number of carbonyl (C=O) groups is 2. The van der Waals surface area contributed by atoms with Gasteiger partial charge in [-0.15, -0.1) is 0 Å². The highest BCUT2D eigenvalue weighted by Gasteiger charge is 2.26. The highest BCUT2D eigenvalue weighted by Crippen LogP contribution is 2.22. The van der Waals surface area contributed by atoms with Gasteiger partial charge in [-0.1, -0.05) is 31.9 Å². The highest BCUT2D eigenvalue weighted by atomic mass is 79.9. The lowest BCUT2D eigenvalue weighted by atomic mass is 9.94. The van der Waals surface area contributed by atoms with E-state index in [4.69, 9.17) is 9.47 Å². The average Bonchev–Trinajstić information content (AvgIpc) is 2.37. The van der Waals surface area contributed by atoms with Gasteiger partial charge in [0.05, 0.1) is 6.61 Å². The fourth-order valence-corrected chi connectivity index (χ4v) is 2.38. The average molecular weight is 429 g/mol. The van der Waals surface area contributed by atoms with E-state index >= 15 is 0 Å². The zero-order valence-corrected chi connectivity index (χ0v) is 15.9. The Labute approximate surface area is 143 Å². The quantitative estimate of drug-likeness (QED) is 0.506. The number of alkyl halides is 2. The number of esters is 1. The first-order chi connectivity index (χ1) is 9.69. The summed E-state index contributed by atoms with van der Waals surface area (Å²) in [4.78, 5) is 24.9. The summed E-state index contributed by atoms with van der Waals surface area (Å²) in [5.74, 6) is 0.182. The second-order valence-corrected chi connectivity index (χ2v) is 9.23. The standard InChI is InChI=1S/C14H23Br2NO4/c1-14(2,3)21-13(19)17-7-4-10(5-8-17)6-9-20-12(18)11(15)16/h10-11H,4-9H2,1-3H3. The van der Waals surface area contributed by atoms with Crippen molar-refractivity contribution in [2.45, 2.75) is 49.4 Å². The zero-order chi connectivity index (χ0) is 16.0. The van der Waals surface area contributed by atoms with E-state index in [1.807, 2.05) is 20.8 Å². The molecule has 0 saturated carbocycles. The number of rotatable bonds is 4. The van der Waals surface area contributed by atoms with Gasteiger partial charge < -0.3 is 14.4 Å². The molecule has 7 heteroatoms. The molecule has 1 fully saturated rings. The van der Waals surface area contributed by atoms with Gasteiger partial charge in [0.15, 0.2) is 3.74 Å². The van der Waals surface area contributed by atoms with Crippen LogP contribution >= 0.6 is 31.9 Å². The van der Waals surface area contributed by atoms with Crippen molar-refractivity contribution in [2.75, 3.05) is 19.7 Å². The molecule has 1 saturated heterocycles. The molecule has 0 atom stereocenters. The number of hydrogen-bond acceptors (Lipinski definition) is 4. The first kappa shape index (κ1) is 18.7. The molecule has 0 radical (unpaired) electrons. The van der Waals surface area contributed by atoms with E-state index in [9.17, 15) is 9.59 Å². The second kappa shape index (κ2) is 8.36. The number of ether oxygens (including phenoxy) is 2. The topological polar surface area (TPSA) is 55.8 Å². The van der Waals surface area contributed by atoms with Gasteiger partial charge in [0.1, 0.15) is 5.60 Å². The summed E-state index contributed by atoms with van der Waals surface area (Å²) in [5.41, 5.74) is -0.454. The Kier molecular flexibility index (Phi) is 7.47. The number of likely N-dealkylation sites (tertiary alicyclic amines) is 1. The normalized spacial score (nSPS) is 17.0. The lowest BCUT2D eigenvalue weighted by molar-refractivity contribution is -0.141. The predicted molar refractivity (Wildman–Crippen MR) is 87.7 cm³/mol. The van der Waals surface area contributed by atoms with Gasteiger partial charge >= 0.3 is 12.1 Å². The summed E-state index contributed by atoms with van der Waals surface area (Å²) in [6.45, 7) is 7.43. The van der Waals surface area contributed by atoms with Crippen LogP contribution in [0.3, 0.4) is 0 Å². The summed E-state index contributed by atoms with van der Waals surface area (Å²) in [6, 6.07) is 0. The largest absolute Gasteiger partial charge is 0.464 e. The third-order valence-corrected chi connectivity index (χ3v) is 3.96. The molecule has 0 unspecified atom stereocenters. The summed E-state index contributed by atoms with van der Waals surface area (Å²) in [7, 11) is 0. The van der Waals surface area contributed by atoms with Crippen molar-refractivity contribution < 1.29 is 19.1 Å². The third-order valence-electron chi connectivity index (χ3n) is 3.21. The third kappa shape index (κ3) is 7.49. The first-order valence-corrected chi connectivity index (χ1v) is 8.95. The van der Waals surface area contributed by atoms with Crippen LogP contribution in [-0.2, 0) is 14.3 Å². The van der Waals surface area contributed by atoms with Crippen LogP contribution in [0.1, 0.15) is 40.0 Å². The van der Waals surface area contributed by atoms with E-state index in [1.165, 1.54) is 0 Å². The Hall–Kier alpha value is -0.300. The minimum Gasteiger partial charge on any atom is -0.464 e. The SMILES string of the molecule is CC(C)(C)OC(=O)N1CCC(CCOC(=O)C(Br)Br)CC1. The van der Waals surface area contributed by atoms with Crippen molar-refractivity contribution in [1.29, 1.82) is 0 Å². The van der Waals surface area contributed by atoms with Gasteiger partial charge in [0.25, 0.3) is 0 Å². The van der Waals surface area contributed by atoms with Crippen molar-refractivity contribution in [3.05, 3.63) is 0 Å². The Morgan fingerprint density at radius 1 is 1.24 bits per heavy atom. The Morgan fingerprint density at radius 3 is 2.29 bits per heavy atom. The van der Waals surface area contributed by atoms with E-state index in [2.05, 4.69) is 31.9 Å². The second-order valence-electron chi connectivity index (χ2n) is 6.17. The number of nitrogens with zero attached hydrogens (tertiary/aromatic N) is 1. The lowest BCUT2D eigenvalue weighted by Crippen LogP contribution is -2.41. The maximum atomic E-state index is 11.9. The van der Waals surface area contributed by atoms with E-state index in [0.29, 0.717) is 25.6 Å². The summed E-state index contributed by atoms with van der Waals surface area (Å²) >= 11 is 6.20. The van der Waals surface area contributed by atoms with Crippen LogP contribution < -0.4 is 0 Å². The zero-order valence-electron chi connectivity index (χ0n) is 12.7. The van der Waals surface area contributed by atoms with Gasteiger partial charge in [-0.25, -0.2) is 9.59 Å². The van der Waals surface area contributed by atoms with Gasteiger partial charge in [0.2, 0.25) is 0 Å². The number of halogens is 2. The van der Waals surface area contributed by atoms with E-state index < -0.39 is 9.34 Å². The van der Waals surface area contributed by atoms with Crippen LogP contribution in [0.25, 0.3) is 0 Å². The molecule has 5 nitrogen and oxygen atoms in total. The Balaban J connectivity index is 2.23. The van der Waals surface area contributed by atoms with Crippen LogP contribution in [0.5, 0.6) is 0 Å². The van der Waals surface area contributed by atoms with Crippen molar-refractivity contribution in [3.63, 3.8) is 0 Å². The van der Waals surface area contributed by atoms with E-state index in [1.54, 1.807) is 4.90 Å². The van der Waals surface area contributed by atoms with Gasteiger partial charge in [-0.2, -0.15) is 0 Å². The van der Waals surface area contributed by atoms with Crippen molar-refractivity contribution >= 4 is 43.9 Å². The van der Waals surface area contributed by atoms with E-state index in [-0.39, 0.29) is 12.1 Å². The lowest BCUT2D eigenvalue weighted by Gasteiger charge is -2.33. The highest BCUT2D eigenvalue weighted by molar-refractivity contribution is 9.25. The molecule has 0 aliphatic carbocycles. The molecule has 1 amide bonds. The number of amides is 1. The fraction of sp³-hybridized carbons (Fsp3) is 0.857. The molecule has 21 heavy (non-hydrogen) atoms. The van der Waals surface area contributed by atoms with Crippen molar-refractivity contribution in [3.8, 4) is 0 Å². The number of piperidine rings is 1. The number of carbonyl (C=O) groups excluding carboxylic acids is 2. The minimum absolute atomic E-state index is 0.242. The molecule has 1 aliphatic rings. The molecule has 0 spiro atoms. The smallest absolute Gasteiger partial charge is 0.410 e. The molecule has 0 N–H and O–H groups in total. The number of hydrogen-bond donors (Lipinski definition) is 0. The van der Waals surface area contributed by atoms with Crippen LogP contribution in [0.15, 0.2) is 0 Å². The van der Waals surface area contributed by atoms with Crippen LogP contribution in [0.4, 0.5) is 4.79 Å². The van der Waals surface area contributed by atoms with Crippen LogP contribution in [0, 0.1) is 5.92 Å². The summed E-state index contributed by atoms with van der Waals surface area (Å²) in [5, 5.41) is 0. The molecule has 0 aromatic carbocycles. The maximum Gasteiger partial charge on any atom is 0.410 e. The summed E-state index contributed by atoms with van der Waals surface area (Å²) in [6.07, 6.45) is 2.43. The van der Waals surface area contributed by atoms with Gasteiger partial charge in [0, 0.05) is 13.1 Å². The monoisotopic (exact) mass is 427 g/mol.